The van der Waals surface area contributed by atoms with E-state index in [1.165, 1.54) is 0 Å². The molecule has 0 aromatic heterocycles. The highest BCUT2D eigenvalue weighted by Crippen LogP contribution is 2.42. The molecule has 0 unspecified atom stereocenters. The SMILES string of the molecule is [2H]C([2H])([2H])N(C[C@H]1CCCC[C@]1(O)c1cccc(OC)c1)N=O. The molecule has 1 aliphatic rings. The van der Waals surface area contributed by atoms with Crippen LogP contribution >= 0.6 is 0 Å². The molecule has 1 aromatic rings. The van der Waals surface area contributed by atoms with Crippen molar-refractivity contribution < 1.29 is 14.0 Å². The molecule has 1 saturated carbocycles. The van der Waals surface area contributed by atoms with Crippen LogP contribution < -0.4 is 4.74 Å². The first-order valence-electron chi connectivity index (χ1n) is 8.29. The van der Waals surface area contributed by atoms with Crippen LogP contribution in [-0.4, -0.2) is 30.7 Å². The summed E-state index contributed by atoms with van der Waals surface area (Å²) in [6, 6.07) is 7.13. The van der Waals surface area contributed by atoms with Gasteiger partial charge in [0.25, 0.3) is 0 Å². The molecular weight excluding hydrogens is 256 g/mol. The maximum Gasteiger partial charge on any atom is 0.119 e. The first kappa shape index (κ1) is 11.1. The summed E-state index contributed by atoms with van der Waals surface area (Å²) >= 11 is 0. The van der Waals surface area contributed by atoms with Gasteiger partial charge >= 0.3 is 0 Å². The van der Waals surface area contributed by atoms with Gasteiger partial charge in [-0.25, -0.2) is 0 Å². The Morgan fingerprint density at radius 3 is 3.15 bits per heavy atom. The quantitative estimate of drug-likeness (QED) is 0.666. The second kappa shape index (κ2) is 6.22. The van der Waals surface area contributed by atoms with Gasteiger partial charge in [-0.05, 0) is 30.5 Å². The monoisotopic (exact) mass is 281 g/mol. The zero-order chi connectivity index (χ0) is 17.1. The van der Waals surface area contributed by atoms with Crippen LogP contribution in [0.1, 0.15) is 35.4 Å². The lowest BCUT2D eigenvalue weighted by Gasteiger charge is -2.41. The molecule has 5 heteroatoms. The van der Waals surface area contributed by atoms with Gasteiger partial charge in [0.05, 0.1) is 18.0 Å². The summed E-state index contributed by atoms with van der Waals surface area (Å²) in [6.45, 7) is -2.71. The summed E-state index contributed by atoms with van der Waals surface area (Å²) in [5, 5.41) is 14.4. The highest BCUT2D eigenvalue weighted by Gasteiger charge is 2.41. The van der Waals surface area contributed by atoms with Gasteiger partial charge in [0.1, 0.15) is 5.75 Å². The van der Waals surface area contributed by atoms with Crippen LogP contribution in [0.15, 0.2) is 29.6 Å². The third-order valence-electron chi connectivity index (χ3n) is 4.10. The molecule has 0 bridgehead atoms. The molecular formula is C15H22N2O3. The fourth-order valence-corrected chi connectivity index (χ4v) is 2.98. The van der Waals surface area contributed by atoms with Crippen LogP contribution in [0.4, 0.5) is 0 Å². The number of hydrogen-bond acceptors (Lipinski definition) is 4. The molecule has 1 fully saturated rings. The number of nitroso groups, excluding NO2 is 1. The third-order valence-corrected chi connectivity index (χ3v) is 4.10. The van der Waals surface area contributed by atoms with Crippen molar-refractivity contribution in [2.24, 2.45) is 11.2 Å². The van der Waals surface area contributed by atoms with Gasteiger partial charge < -0.3 is 9.84 Å². The van der Waals surface area contributed by atoms with E-state index in [2.05, 4.69) is 5.29 Å². The van der Waals surface area contributed by atoms with Gasteiger partial charge in [0, 0.05) is 23.6 Å². The van der Waals surface area contributed by atoms with Gasteiger partial charge in [-0.2, -0.15) is 0 Å². The minimum Gasteiger partial charge on any atom is -0.497 e. The van der Waals surface area contributed by atoms with Gasteiger partial charge in [0.15, 0.2) is 0 Å². The van der Waals surface area contributed by atoms with Crippen molar-refractivity contribution in [1.82, 2.24) is 5.01 Å². The number of ether oxygens (including phenoxy) is 1. The van der Waals surface area contributed by atoms with E-state index in [1.54, 1.807) is 31.4 Å². The summed E-state index contributed by atoms with van der Waals surface area (Å²) < 4.78 is 27.3. The van der Waals surface area contributed by atoms with Crippen LogP contribution in [0, 0.1) is 10.8 Å². The van der Waals surface area contributed by atoms with Crippen molar-refractivity contribution in [3.63, 3.8) is 0 Å². The van der Waals surface area contributed by atoms with Gasteiger partial charge in [-0.3, -0.25) is 5.01 Å². The Morgan fingerprint density at radius 2 is 2.45 bits per heavy atom. The van der Waals surface area contributed by atoms with Crippen molar-refractivity contribution in [2.75, 3.05) is 20.6 Å². The highest BCUT2D eigenvalue weighted by molar-refractivity contribution is 5.33. The lowest BCUT2D eigenvalue weighted by atomic mass is 9.71. The largest absolute Gasteiger partial charge is 0.497 e. The van der Waals surface area contributed by atoms with E-state index in [1.807, 2.05) is 0 Å². The predicted molar refractivity (Wildman–Crippen MR) is 77.3 cm³/mol. The first-order valence-corrected chi connectivity index (χ1v) is 6.79. The average molecular weight is 281 g/mol. The predicted octanol–water partition coefficient (Wildman–Crippen LogP) is 2.69. The molecule has 110 valence electrons. The summed E-state index contributed by atoms with van der Waals surface area (Å²) in [6.07, 6.45) is 2.87. The molecule has 1 aromatic carbocycles. The lowest BCUT2D eigenvalue weighted by Crippen LogP contribution is -2.42. The maximum atomic E-state index is 11.2. The van der Waals surface area contributed by atoms with E-state index < -0.39 is 12.6 Å². The highest BCUT2D eigenvalue weighted by atomic mass is 16.5. The van der Waals surface area contributed by atoms with Crippen molar-refractivity contribution in [2.45, 2.75) is 31.3 Å². The lowest BCUT2D eigenvalue weighted by molar-refractivity contribution is -0.0637. The van der Waals surface area contributed by atoms with Gasteiger partial charge in [-0.1, -0.05) is 25.0 Å². The van der Waals surface area contributed by atoms with Crippen molar-refractivity contribution in [1.29, 1.82) is 0 Å². The minimum atomic E-state index is -2.60. The Hall–Kier alpha value is -1.62. The second-order valence-electron chi connectivity index (χ2n) is 5.26. The Bertz CT molecular complexity index is 553. The van der Waals surface area contributed by atoms with E-state index in [-0.39, 0.29) is 12.5 Å². The fourth-order valence-electron chi connectivity index (χ4n) is 2.98. The number of rotatable bonds is 5. The molecule has 1 N–H and O–H groups in total. The molecule has 2 rings (SSSR count). The molecule has 2 atom stereocenters. The van der Waals surface area contributed by atoms with Crippen molar-refractivity contribution >= 4 is 0 Å². The molecule has 20 heavy (non-hydrogen) atoms. The second-order valence-corrected chi connectivity index (χ2v) is 5.26. The van der Waals surface area contributed by atoms with Crippen LogP contribution in [0.5, 0.6) is 5.75 Å². The zero-order valence-electron chi connectivity index (χ0n) is 14.6. The average Bonchev–Trinajstić information content (AvgIpc) is 2.53. The normalized spacial score (nSPS) is 28.9. The molecule has 0 heterocycles. The minimum absolute atomic E-state index is 0.103. The standard InChI is InChI=1S/C15H22N2O3/c1-17(16-19)11-13-6-3-4-9-15(13,18)12-7-5-8-14(10-12)20-2/h5,7-8,10,13,18H,3-4,6,9,11H2,1-2H3/t13-,15+/m1/s1/i1D3. The molecule has 0 amide bonds. The molecule has 0 saturated heterocycles. The Balaban J connectivity index is 2.31. The van der Waals surface area contributed by atoms with Crippen LogP contribution in [-0.2, 0) is 5.60 Å². The molecule has 0 aliphatic heterocycles. The molecule has 0 spiro atoms. The van der Waals surface area contributed by atoms with E-state index in [9.17, 15) is 10.0 Å². The van der Waals surface area contributed by atoms with Gasteiger partial charge in [0.2, 0.25) is 0 Å². The van der Waals surface area contributed by atoms with E-state index in [4.69, 9.17) is 8.85 Å². The number of hydrogen-bond donors (Lipinski definition) is 1. The molecule has 1 aliphatic carbocycles. The maximum absolute atomic E-state index is 11.2. The van der Waals surface area contributed by atoms with Gasteiger partial charge in [-0.15, -0.1) is 4.91 Å². The summed E-state index contributed by atoms with van der Waals surface area (Å²) in [4.78, 5) is 10.9. The van der Waals surface area contributed by atoms with Crippen LogP contribution in [0.25, 0.3) is 0 Å². The topological polar surface area (TPSA) is 62.1 Å². The number of aliphatic hydroxyl groups is 1. The Kier molecular flexibility index (Phi) is 3.45. The summed E-state index contributed by atoms with van der Waals surface area (Å²) in [5.74, 6) is 0.239. The molecule has 5 nitrogen and oxygen atoms in total. The van der Waals surface area contributed by atoms with Crippen LogP contribution in [0.2, 0.25) is 0 Å². The number of benzene rings is 1. The zero-order valence-corrected chi connectivity index (χ0v) is 11.6. The van der Waals surface area contributed by atoms with E-state index in [0.717, 1.165) is 12.8 Å². The Morgan fingerprint density at radius 1 is 1.60 bits per heavy atom. The summed E-state index contributed by atoms with van der Waals surface area (Å²) in [7, 11) is 1.55. The van der Waals surface area contributed by atoms with E-state index >= 15 is 0 Å². The molecule has 0 radical (unpaired) electrons. The third kappa shape index (κ3) is 2.93. The van der Waals surface area contributed by atoms with Crippen molar-refractivity contribution in [3.05, 3.63) is 34.7 Å². The first-order chi connectivity index (χ1) is 10.8. The smallest absolute Gasteiger partial charge is 0.119 e. The van der Waals surface area contributed by atoms with Crippen LogP contribution in [0.3, 0.4) is 0 Å². The Labute approximate surface area is 123 Å². The van der Waals surface area contributed by atoms with E-state index in [0.29, 0.717) is 29.2 Å². The van der Waals surface area contributed by atoms with Crippen molar-refractivity contribution in [3.8, 4) is 5.75 Å². The fraction of sp³-hybridized carbons (Fsp3) is 0.600. The number of methoxy groups -OCH3 is 1. The number of nitrogens with zero attached hydrogens (tertiary/aromatic N) is 2. The summed E-state index contributed by atoms with van der Waals surface area (Å²) in [5.41, 5.74) is -0.515.